The van der Waals surface area contributed by atoms with Crippen LogP contribution >= 0.6 is 0 Å². The molecule has 1 saturated heterocycles. The van der Waals surface area contributed by atoms with Gasteiger partial charge in [0.1, 0.15) is 0 Å². The summed E-state index contributed by atoms with van der Waals surface area (Å²) in [5.41, 5.74) is 3.36. The molecule has 0 bridgehead atoms. The minimum atomic E-state index is -0.821. The number of carbonyl (C=O) groups is 2. The van der Waals surface area contributed by atoms with E-state index < -0.39 is 18.0 Å². The van der Waals surface area contributed by atoms with Gasteiger partial charge in [0, 0.05) is 29.8 Å². The first-order chi connectivity index (χ1) is 13.7. The molecule has 1 atom stereocenters. The van der Waals surface area contributed by atoms with Gasteiger partial charge in [0.15, 0.2) is 0 Å². The Kier molecular flexibility index (Phi) is 5.01. The zero-order valence-electron chi connectivity index (χ0n) is 15.0. The van der Waals surface area contributed by atoms with Crippen LogP contribution in [-0.2, 0) is 19.1 Å². The van der Waals surface area contributed by atoms with Crippen LogP contribution in [0, 0.1) is 0 Å². The third kappa shape index (κ3) is 3.86. The second-order valence-corrected chi connectivity index (χ2v) is 6.29. The Morgan fingerprint density at radius 3 is 2.50 bits per heavy atom. The number of ether oxygens (including phenoxy) is 2. The maximum Gasteiger partial charge on any atom is 0.347 e. The van der Waals surface area contributed by atoms with E-state index >= 15 is 0 Å². The zero-order valence-corrected chi connectivity index (χ0v) is 15.0. The fourth-order valence-electron chi connectivity index (χ4n) is 2.96. The summed E-state index contributed by atoms with van der Waals surface area (Å²) in [4.78, 5) is 23.5. The number of nitrogens with zero attached hydrogens (tertiary/aromatic N) is 2. The van der Waals surface area contributed by atoms with Gasteiger partial charge < -0.3 is 9.47 Å². The van der Waals surface area contributed by atoms with Crippen LogP contribution in [0.4, 0.5) is 0 Å². The van der Waals surface area contributed by atoms with E-state index in [1.165, 1.54) is 6.08 Å². The third-order valence-electron chi connectivity index (χ3n) is 4.36. The van der Waals surface area contributed by atoms with Crippen molar-refractivity contribution >= 4 is 18.0 Å². The van der Waals surface area contributed by atoms with Crippen molar-refractivity contribution < 1.29 is 19.1 Å². The Balaban J connectivity index is 1.62. The summed E-state index contributed by atoms with van der Waals surface area (Å²) < 4.78 is 11.7. The SMILES string of the molecule is O=C(/C=C/c1cn(-c2ccccc2)nc1-c1ccccc1)OC1CCOC1=O. The van der Waals surface area contributed by atoms with Crippen molar-refractivity contribution in [3.8, 4) is 16.9 Å². The Labute approximate surface area is 162 Å². The molecule has 0 radical (unpaired) electrons. The van der Waals surface area contributed by atoms with Crippen molar-refractivity contribution in [3.05, 3.63) is 78.5 Å². The van der Waals surface area contributed by atoms with Crippen LogP contribution in [0.2, 0.25) is 0 Å². The number of esters is 2. The molecule has 6 nitrogen and oxygen atoms in total. The molecule has 140 valence electrons. The molecule has 1 aliphatic heterocycles. The minimum absolute atomic E-state index is 0.280. The number of rotatable bonds is 5. The Morgan fingerprint density at radius 1 is 1.11 bits per heavy atom. The maximum absolute atomic E-state index is 12.1. The highest BCUT2D eigenvalue weighted by Gasteiger charge is 2.29. The predicted molar refractivity (Wildman–Crippen MR) is 103 cm³/mol. The van der Waals surface area contributed by atoms with Gasteiger partial charge in [0.2, 0.25) is 6.10 Å². The summed E-state index contributed by atoms with van der Waals surface area (Å²) in [6, 6.07) is 19.4. The summed E-state index contributed by atoms with van der Waals surface area (Å²) in [5, 5.41) is 4.68. The lowest BCUT2D eigenvalue weighted by Gasteiger charge is -2.05. The van der Waals surface area contributed by atoms with Crippen molar-refractivity contribution in [3.63, 3.8) is 0 Å². The van der Waals surface area contributed by atoms with Gasteiger partial charge in [-0.3, -0.25) is 0 Å². The van der Waals surface area contributed by atoms with E-state index in [9.17, 15) is 9.59 Å². The van der Waals surface area contributed by atoms with Crippen LogP contribution in [0.3, 0.4) is 0 Å². The van der Waals surface area contributed by atoms with Crippen molar-refractivity contribution in [2.24, 2.45) is 0 Å². The summed E-state index contributed by atoms with van der Waals surface area (Å²) in [7, 11) is 0. The first-order valence-corrected chi connectivity index (χ1v) is 8.96. The highest BCUT2D eigenvalue weighted by molar-refractivity contribution is 5.90. The highest BCUT2D eigenvalue weighted by atomic mass is 16.6. The average molecular weight is 374 g/mol. The van der Waals surface area contributed by atoms with E-state index in [1.807, 2.05) is 66.9 Å². The fourth-order valence-corrected chi connectivity index (χ4v) is 2.96. The van der Waals surface area contributed by atoms with E-state index in [0.29, 0.717) is 6.42 Å². The lowest BCUT2D eigenvalue weighted by molar-refractivity contribution is -0.156. The normalized spacial score (nSPS) is 16.3. The third-order valence-corrected chi connectivity index (χ3v) is 4.36. The van der Waals surface area contributed by atoms with Crippen LogP contribution in [-0.4, -0.2) is 34.4 Å². The molecule has 0 spiro atoms. The lowest BCUT2D eigenvalue weighted by atomic mass is 10.1. The van der Waals surface area contributed by atoms with E-state index in [1.54, 1.807) is 10.8 Å². The number of carbonyl (C=O) groups excluding carboxylic acids is 2. The van der Waals surface area contributed by atoms with Gasteiger partial charge in [0.25, 0.3) is 0 Å². The second kappa shape index (κ2) is 7.92. The number of aromatic nitrogens is 2. The summed E-state index contributed by atoms with van der Waals surface area (Å²) >= 11 is 0. The predicted octanol–water partition coefficient (Wildman–Crippen LogP) is 3.41. The van der Waals surface area contributed by atoms with Crippen LogP contribution in [0.1, 0.15) is 12.0 Å². The molecule has 28 heavy (non-hydrogen) atoms. The molecule has 1 aromatic heterocycles. The van der Waals surface area contributed by atoms with Crippen LogP contribution in [0.25, 0.3) is 23.0 Å². The van der Waals surface area contributed by atoms with Gasteiger partial charge in [-0.25, -0.2) is 14.3 Å². The number of hydrogen-bond donors (Lipinski definition) is 0. The zero-order chi connectivity index (χ0) is 19.3. The lowest BCUT2D eigenvalue weighted by Crippen LogP contribution is -2.21. The standard InChI is InChI=1S/C22H18N2O4/c25-20(28-19-13-14-27-22(19)26)12-11-17-15-24(18-9-5-2-6-10-18)23-21(17)16-7-3-1-4-8-16/h1-12,15,19H,13-14H2/b12-11+. The molecule has 2 heterocycles. The molecule has 0 amide bonds. The first-order valence-electron chi connectivity index (χ1n) is 8.96. The molecular formula is C22H18N2O4. The van der Waals surface area contributed by atoms with E-state index in [-0.39, 0.29) is 6.61 Å². The second-order valence-electron chi connectivity index (χ2n) is 6.29. The minimum Gasteiger partial charge on any atom is -0.463 e. The molecule has 0 aliphatic carbocycles. The molecule has 0 saturated carbocycles. The van der Waals surface area contributed by atoms with Crippen molar-refractivity contribution in [1.82, 2.24) is 9.78 Å². The monoisotopic (exact) mass is 374 g/mol. The van der Waals surface area contributed by atoms with Gasteiger partial charge in [-0.15, -0.1) is 0 Å². The van der Waals surface area contributed by atoms with Gasteiger partial charge in [0.05, 0.1) is 18.0 Å². The summed E-state index contributed by atoms with van der Waals surface area (Å²) in [6.45, 7) is 0.280. The van der Waals surface area contributed by atoms with Crippen molar-refractivity contribution in [1.29, 1.82) is 0 Å². The Bertz CT molecular complexity index is 1010. The number of para-hydroxylation sites is 1. The summed E-state index contributed by atoms with van der Waals surface area (Å²) in [5.74, 6) is -1.08. The van der Waals surface area contributed by atoms with E-state index in [4.69, 9.17) is 9.47 Å². The largest absolute Gasteiger partial charge is 0.463 e. The topological polar surface area (TPSA) is 70.4 Å². The van der Waals surface area contributed by atoms with Crippen LogP contribution < -0.4 is 0 Å². The molecule has 1 aliphatic rings. The van der Waals surface area contributed by atoms with Crippen molar-refractivity contribution in [2.75, 3.05) is 6.61 Å². The van der Waals surface area contributed by atoms with Crippen molar-refractivity contribution in [2.45, 2.75) is 12.5 Å². The van der Waals surface area contributed by atoms with Gasteiger partial charge in [-0.1, -0.05) is 48.5 Å². The number of cyclic esters (lactones) is 1. The van der Waals surface area contributed by atoms with Gasteiger partial charge >= 0.3 is 11.9 Å². The number of benzene rings is 2. The molecule has 2 aromatic carbocycles. The molecule has 4 rings (SSSR count). The fraction of sp³-hybridized carbons (Fsp3) is 0.136. The van der Waals surface area contributed by atoms with E-state index in [0.717, 1.165) is 22.5 Å². The Hall–Kier alpha value is -3.67. The Morgan fingerprint density at radius 2 is 1.82 bits per heavy atom. The van der Waals surface area contributed by atoms with E-state index in [2.05, 4.69) is 5.10 Å². The average Bonchev–Trinajstić information content (AvgIpc) is 3.34. The molecule has 3 aromatic rings. The molecule has 1 unspecified atom stereocenters. The quantitative estimate of drug-likeness (QED) is 0.506. The molecular weight excluding hydrogens is 356 g/mol. The van der Waals surface area contributed by atoms with Crippen LogP contribution in [0.15, 0.2) is 72.9 Å². The van der Waals surface area contributed by atoms with Gasteiger partial charge in [-0.2, -0.15) is 5.10 Å². The maximum atomic E-state index is 12.1. The first kappa shape index (κ1) is 17.7. The highest BCUT2D eigenvalue weighted by Crippen LogP contribution is 2.24. The van der Waals surface area contributed by atoms with Gasteiger partial charge in [-0.05, 0) is 18.2 Å². The smallest absolute Gasteiger partial charge is 0.347 e. The summed E-state index contributed by atoms with van der Waals surface area (Å²) in [6.07, 6.45) is 4.38. The molecule has 6 heteroatoms. The molecule has 0 N–H and O–H groups in total. The molecule has 1 fully saturated rings. The number of hydrogen-bond acceptors (Lipinski definition) is 5. The van der Waals surface area contributed by atoms with Crippen LogP contribution in [0.5, 0.6) is 0 Å².